The Labute approximate surface area is 94.0 Å². The Morgan fingerprint density at radius 2 is 2.07 bits per heavy atom. The summed E-state index contributed by atoms with van der Waals surface area (Å²) in [5.74, 6) is 0.695. The Morgan fingerprint density at radius 3 is 2.60 bits per heavy atom. The Kier molecular flexibility index (Phi) is 4.18. The molecule has 0 radical (unpaired) electrons. The van der Waals surface area contributed by atoms with E-state index in [0.717, 1.165) is 19.4 Å². The Morgan fingerprint density at radius 1 is 1.40 bits per heavy atom. The molecule has 0 saturated carbocycles. The van der Waals surface area contributed by atoms with Gasteiger partial charge in [0.2, 0.25) is 5.91 Å². The molecule has 1 aliphatic heterocycles. The van der Waals surface area contributed by atoms with Crippen molar-refractivity contribution in [1.82, 2.24) is 4.90 Å². The van der Waals surface area contributed by atoms with Crippen LogP contribution in [0.25, 0.3) is 0 Å². The molecule has 1 atom stereocenters. The van der Waals surface area contributed by atoms with Crippen molar-refractivity contribution in [1.29, 1.82) is 0 Å². The molecule has 1 heterocycles. The highest BCUT2D eigenvalue weighted by molar-refractivity contribution is 5.80. The van der Waals surface area contributed by atoms with Crippen LogP contribution in [0.1, 0.15) is 59.8 Å². The van der Waals surface area contributed by atoms with Gasteiger partial charge in [0.25, 0.3) is 0 Å². The maximum atomic E-state index is 12.2. The number of hydrogen-bond donors (Lipinski definition) is 0. The lowest BCUT2D eigenvalue weighted by Crippen LogP contribution is -2.51. The molecule has 1 fully saturated rings. The Bertz CT molecular complexity index is 217. The minimum absolute atomic E-state index is 0.00195. The molecule has 1 unspecified atom stereocenters. The van der Waals surface area contributed by atoms with E-state index in [1.165, 1.54) is 19.3 Å². The van der Waals surface area contributed by atoms with E-state index in [1.54, 1.807) is 0 Å². The highest BCUT2D eigenvalue weighted by Crippen LogP contribution is 2.27. The number of carbonyl (C=O) groups excluding carboxylic acids is 1. The first-order chi connectivity index (χ1) is 6.96. The summed E-state index contributed by atoms with van der Waals surface area (Å²) in [5, 5.41) is 0. The van der Waals surface area contributed by atoms with Crippen LogP contribution in [0.2, 0.25) is 0 Å². The number of carbonyl (C=O) groups is 1. The van der Waals surface area contributed by atoms with Crippen molar-refractivity contribution in [2.75, 3.05) is 6.54 Å². The zero-order chi connectivity index (χ0) is 11.5. The summed E-state index contributed by atoms with van der Waals surface area (Å²) in [5.41, 5.74) is 0.00195. The largest absolute Gasteiger partial charge is 0.338 e. The second kappa shape index (κ2) is 5.00. The number of piperidine rings is 1. The van der Waals surface area contributed by atoms with E-state index in [9.17, 15) is 4.79 Å². The SMILES string of the molecule is CCCCC1CCCN(C(C)(C)C)C1=O. The summed E-state index contributed by atoms with van der Waals surface area (Å²) in [4.78, 5) is 14.3. The van der Waals surface area contributed by atoms with Gasteiger partial charge in [-0.15, -0.1) is 0 Å². The third-order valence-electron chi connectivity index (χ3n) is 3.27. The van der Waals surface area contributed by atoms with Gasteiger partial charge < -0.3 is 4.90 Å². The molecule has 1 saturated heterocycles. The fraction of sp³-hybridized carbons (Fsp3) is 0.923. The number of nitrogens with zero attached hydrogens (tertiary/aromatic N) is 1. The summed E-state index contributed by atoms with van der Waals surface area (Å²) < 4.78 is 0. The van der Waals surface area contributed by atoms with Gasteiger partial charge in [0.15, 0.2) is 0 Å². The van der Waals surface area contributed by atoms with Gasteiger partial charge in [-0.2, -0.15) is 0 Å². The molecule has 0 bridgehead atoms. The lowest BCUT2D eigenvalue weighted by Gasteiger charge is -2.41. The summed E-state index contributed by atoms with van der Waals surface area (Å²) in [7, 11) is 0. The number of hydrogen-bond acceptors (Lipinski definition) is 1. The molecule has 88 valence electrons. The number of unbranched alkanes of at least 4 members (excludes halogenated alkanes) is 1. The highest BCUT2D eigenvalue weighted by atomic mass is 16.2. The predicted molar refractivity (Wildman–Crippen MR) is 63.7 cm³/mol. The first-order valence-electron chi connectivity index (χ1n) is 6.28. The van der Waals surface area contributed by atoms with Crippen LogP contribution in [-0.4, -0.2) is 22.9 Å². The molecule has 0 aromatic heterocycles. The van der Waals surface area contributed by atoms with Gasteiger partial charge in [-0.1, -0.05) is 19.8 Å². The minimum Gasteiger partial charge on any atom is -0.338 e. The van der Waals surface area contributed by atoms with Gasteiger partial charge in [-0.3, -0.25) is 4.79 Å². The number of likely N-dealkylation sites (tertiary alicyclic amines) is 1. The van der Waals surface area contributed by atoms with Gasteiger partial charge in [-0.25, -0.2) is 0 Å². The third kappa shape index (κ3) is 3.22. The molecule has 2 heteroatoms. The molecule has 1 rings (SSSR count). The van der Waals surface area contributed by atoms with Crippen LogP contribution < -0.4 is 0 Å². The average Bonchev–Trinajstić information content (AvgIpc) is 2.14. The fourth-order valence-electron chi connectivity index (χ4n) is 2.33. The van der Waals surface area contributed by atoms with Crippen molar-refractivity contribution < 1.29 is 4.79 Å². The zero-order valence-electron chi connectivity index (χ0n) is 10.7. The van der Waals surface area contributed by atoms with E-state index >= 15 is 0 Å². The summed E-state index contributed by atoms with van der Waals surface area (Å²) >= 11 is 0. The van der Waals surface area contributed by atoms with Crippen LogP contribution in [0.5, 0.6) is 0 Å². The second-order valence-corrected chi connectivity index (χ2v) is 5.64. The van der Waals surface area contributed by atoms with Crippen molar-refractivity contribution in [3.8, 4) is 0 Å². The first kappa shape index (κ1) is 12.5. The Balaban J connectivity index is 2.59. The lowest BCUT2D eigenvalue weighted by atomic mass is 9.89. The van der Waals surface area contributed by atoms with E-state index in [1.807, 2.05) is 0 Å². The van der Waals surface area contributed by atoms with Gasteiger partial charge >= 0.3 is 0 Å². The highest BCUT2D eigenvalue weighted by Gasteiger charge is 2.34. The number of amides is 1. The maximum absolute atomic E-state index is 12.2. The van der Waals surface area contributed by atoms with Crippen LogP contribution in [0.4, 0.5) is 0 Å². The monoisotopic (exact) mass is 211 g/mol. The fourth-order valence-corrected chi connectivity index (χ4v) is 2.33. The summed E-state index contributed by atoms with van der Waals surface area (Å²) in [6.07, 6.45) is 5.75. The first-order valence-corrected chi connectivity index (χ1v) is 6.28. The van der Waals surface area contributed by atoms with Crippen molar-refractivity contribution in [2.45, 2.75) is 65.3 Å². The zero-order valence-corrected chi connectivity index (χ0v) is 10.7. The van der Waals surface area contributed by atoms with Crippen molar-refractivity contribution in [3.63, 3.8) is 0 Å². The van der Waals surface area contributed by atoms with Crippen molar-refractivity contribution >= 4 is 5.91 Å². The van der Waals surface area contributed by atoms with E-state index < -0.39 is 0 Å². The smallest absolute Gasteiger partial charge is 0.226 e. The minimum atomic E-state index is 0.00195. The van der Waals surface area contributed by atoms with Crippen LogP contribution in [0, 0.1) is 5.92 Å². The van der Waals surface area contributed by atoms with E-state index in [2.05, 4.69) is 32.6 Å². The van der Waals surface area contributed by atoms with Crippen LogP contribution in [-0.2, 0) is 4.79 Å². The molecule has 2 nitrogen and oxygen atoms in total. The molecular formula is C13H25NO. The summed E-state index contributed by atoms with van der Waals surface area (Å²) in [6.45, 7) is 9.53. The molecule has 15 heavy (non-hydrogen) atoms. The normalized spacial score (nSPS) is 23.3. The summed E-state index contributed by atoms with van der Waals surface area (Å²) in [6, 6.07) is 0. The molecule has 1 amide bonds. The van der Waals surface area contributed by atoms with Crippen LogP contribution >= 0.6 is 0 Å². The van der Waals surface area contributed by atoms with Crippen molar-refractivity contribution in [2.24, 2.45) is 5.92 Å². The van der Waals surface area contributed by atoms with Crippen molar-refractivity contribution in [3.05, 3.63) is 0 Å². The molecule has 0 aromatic carbocycles. The lowest BCUT2D eigenvalue weighted by molar-refractivity contribution is -0.144. The number of rotatable bonds is 3. The van der Waals surface area contributed by atoms with Crippen LogP contribution in [0.3, 0.4) is 0 Å². The quantitative estimate of drug-likeness (QED) is 0.702. The average molecular weight is 211 g/mol. The topological polar surface area (TPSA) is 20.3 Å². The van der Waals surface area contributed by atoms with Crippen LogP contribution in [0.15, 0.2) is 0 Å². The Hall–Kier alpha value is -0.530. The van der Waals surface area contributed by atoms with E-state index in [4.69, 9.17) is 0 Å². The van der Waals surface area contributed by atoms with E-state index in [0.29, 0.717) is 11.8 Å². The van der Waals surface area contributed by atoms with Gasteiger partial charge in [0, 0.05) is 18.0 Å². The third-order valence-corrected chi connectivity index (χ3v) is 3.27. The molecular weight excluding hydrogens is 186 g/mol. The predicted octanol–water partition coefficient (Wildman–Crippen LogP) is 3.21. The van der Waals surface area contributed by atoms with E-state index in [-0.39, 0.29) is 5.54 Å². The maximum Gasteiger partial charge on any atom is 0.226 e. The standard InChI is InChI=1S/C13H25NO/c1-5-6-8-11-9-7-10-14(12(11)15)13(2,3)4/h11H,5-10H2,1-4H3. The molecule has 1 aliphatic rings. The molecule has 0 N–H and O–H groups in total. The molecule has 0 spiro atoms. The molecule has 0 aromatic rings. The van der Waals surface area contributed by atoms with Gasteiger partial charge in [-0.05, 0) is 40.0 Å². The van der Waals surface area contributed by atoms with Gasteiger partial charge in [0.05, 0.1) is 0 Å². The van der Waals surface area contributed by atoms with Gasteiger partial charge in [0.1, 0.15) is 0 Å². The second-order valence-electron chi connectivity index (χ2n) is 5.64. The molecule has 0 aliphatic carbocycles.